The predicted molar refractivity (Wildman–Crippen MR) is 127 cm³/mol. The molecule has 3 aromatic rings. The number of carbonyl (C=O) groups is 2. The second kappa shape index (κ2) is 11.7. The monoisotopic (exact) mass is 507 g/mol. The van der Waals surface area contributed by atoms with E-state index in [0.29, 0.717) is 25.4 Å². The van der Waals surface area contributed by atoms with Crippen LogP contribution in [0.1, 0.15) is 21.0 Å². The fourth-order valence-electron chi connectivity index (χ4n) is 3.24. The van der Waals surface area contributed by atoms with Gasteiger partial charge in [-0.05, 0) is 30.3 Å². The highest BCUT2D eigenvalue weighted by Crippen LogP contribution is 2.30. The summed E-state index contributed by atoms with van der Waals surface area (Å²) in [6.07, 6.45) is 1.26. The van der Waals surface area contributed by atoms with E-state index in [2.05, 4.69) is 15.6 Å². The van der Waals surface area contributed by atoms with Crippen molar-refractivity contribution in [3.8, 4) is 17.0 Å². The number of anilines is 1. The lowest BCUT2D eigenvalue weighted by Crippen LogP contribution is -2.28. The van der Waals surface area contributed by atoms with Crippen molar-refractivity contribution < 1.29 is 27.8 Å². The van der Waals surface area contributed by atoms with E-state index in [1.807, 2.05) is 0 Å². The third-order valence-corrected chi connectivity index (χ3v) is 5.31. The van der Waals surface area contributed by atoms with Crippen LogP contribution in [0.4, 0.5) is 14.5 Å². The van der Waals surface area contributed by atoms with Crippen molar-refractivity contribution >= 4 is 29.1 Å². The third kappa shape index (κ3) is 5.94. The highest BCUT2D eigenvalue weighted by atomic mass is 35.5. The van der Waals surface area contributed by atoms with Crippen molar-refractivity contribution in [3.63, 3.8) is 0 Å². The van der Waals surface area contributed by atoms with Crippen LogP contribution in [0, 0.1) is 11.6 Å². The largest absolute Gasteiger partial charge is 0.494 e. The zero-order valence-electron chi connectivity index (χ0n) is 19.0. The fourth-order valence-corrected chi connectivity index (χ4v) is 3.51. The van der Waals surface area contributed by atoms with Gasteiger partial charge in [-0.25, -0.2) is 9.37 Å². The lowest BCUT2D eigenvalue weighted by molar-refractivity contribution is 0.0919. The van der Waals surface area contributed by atoms with Gasteiger partial charge in [0.25, 0.3) is 11.8 Å². The van der Waals surface area contributed by atoms with Crippen LogP contribution in [0.15, 0.2) is 36.5 Å². The van der Waals surface area contributed by atoms with E-state index in [1.165, 1.54) is 55.3 Å². The molecule has 12 heteroatoms. The number of nitrogens with two attached hydrogens (primary N) is 1. The first kappa shape index (κ1) is 26.1. The maximum Gasteiger partial charge on any atom is 0.291 e. The summed E-state index contributed by atoms with van der Waals surface area (Å²) in [5, 5.41) is 5.42. The van der Waals surface area contributed by atoms with E-state index >= 15 is 0 Å². The summed E-state index contributed by atoms with van der Waals surface area (Å²) in [4.78, 5) is 29.1. The van der Waals surface area contributed by atoms with Gasteiger partial charge in [0.1, 0.15) is 0 Å². The number of carbonyl (C=O) groups excluding carboxylic acids is 2. The van der Waals surface area contributed by atoms with Crippen LogP contribution in [0.5, 0.6) is 5.75 Å². The van der Waals surface area contributed by atoms with E-state index in [9.17, 15) is 18.4 Å². The molecule has 0 aliphatic heterocycles. The summed E-state index contributed by atoms with van der Waals surface area (Å²) >= 11 is 6.22. The van der Waals surface area contributed by atoms with Crippen LogP contribution in [-0.2, 0) is 11.8 Å². The molecule has 0 aliphatic rings. The third-order valence-electron chi connectivity index (χ3n) is 5.00. The van der Waals surface area contributed by atoms with E-state index in [0.717, 1.165) is 0 Å². The number of amides is 2. The lowest BCUT2D eigenvalue weighted by Gasteiger charge is -2.11. The topological polar surface area (TPSA) is 120 Å². The van der Waals surface area contributed by atoms with Crippen molar-refractivity contribution in [1.29, 1.82) is 0 Å². The minimum atomic E-state index is -1.14. The standard InChI is InChI=1S/C23H24ClF2N5O4/c1-31-17(15-5-6-18(34-2)20(26)19(15)25)12-29-21(31)23(33)30-13-3-4-14(16(24)11-13)22(32)28-8-10-35-9-7-27/h3-6,11-12H,7-10,27H2,1-2H3,(H,28,32)(H,30,33). The molecular weight excluding hydrogens is 484 g/mol. The molecule has 35 heavy (non-hydrogen) atoms. The zero-order valence-corrected chi connectivity index (χ0v) is 19.8. The molecule has 0 saturated heterocycles. The minimum Gasteiger partial charge on any atom is -0.494 e. The number of nitrogens with one attached hydrogen (secondary N) is 2. The summed E-state index contributed by atoms with van der Waals surface area (Å²) in [5.74, 6) is -3.55. The fraction of sp³-hybridized carbons (Fsp3) is 0.261. The number of hydrogen-bond acceptors (Lipinski definition) is 6. The van der Waals surface area contributed by atoms with E-state index in [-0.39, 0.29) is 40.0 Å². The Morgan fingerprint density at radius 3 is 2.60 bits per heavy atom. The summed E-state index contributed by atoms with van der Waals surface area (Å²) < 4.78 is 39.9. The molecule has 9 nitrogen and oxygen atoms in total. The summed E-state index contributed by atoms with van der Waals surface area (Å²) in [7, 11) is 2.73. The van der Waals surface area contributed by atoms with E-state index in [4.69, 9.17) is 26.8 Å². The summed E-state index contributed by atoms with van der Waals surface area (Å²) in [5.41, 5.74) is 5.97. The van der Waals surface area contributed by atoms with Gasteiger partial charge < -0.3 is 30.4 Å². The molecular formula is C23H24ClF2N5O4. The van der Waals surface area contributed by atoms with Crippen LogP contribution in [0.25, 0.3) is 11.3 Å². The molecule has 0 saturated carbocycles. The van der Waals surface area contributed by atoms with Crippen LogP contribution >= 0.6 is 11.6 Å². The molecule has 2 amide bonds. The molecule has 2 aromatic carbocycles. The smallest absolute Gasteiger partial charge is 0.291 e. The normalized spacial score (nSPS) is 10.8. The number of aromatic nitrogens is 2. The number of ether oxygens (including phenoxy) is 2. The molecule has 4 N–H and O–H groups in total. The molecule has 0 fully saturated rings. The number of imidazole rings is 1. The molecule has 0 unspecified atom stereocenters. The summed E-state index contributed by atoms with van der Waals surface area (Å²) in [6, 6.07) is 7.01. The minimum absolute atomic E-state index is 0.0500. The second-order valence-corrected chi connectivity index (χ2v) is 7.68. The average Bonchev–Trinajstić information content (AvgIpc) is 3.21. The Labute approximate surface area is 205 Å². The van der Waals surface area contributed by atoms with Crippen LogP contribution in [0.3, 0.4) is 0 Å². The van der Waals surface area contributed by atoms with Crippen LogP contribution in [-0.4, -0.2) is 54.8 Å². The van der Waals surface area contributed by atoms with Gasteiger partial charge in [-0.2, -0.15) is 4.39 Å². The Balaban J connectivity index is 1.71. The van der Waals surface area contributed by atoms with Crippen LogP contribution in [0.2, 0.25) is 5.02 Å². The first-order chi connectivity index (χ1) is 16.8. The number of nitrogens with zero attached hydrogens (tertiary/aromatic N) is 2. The maximum absolute atomic E-state index is 14.5. The van der Waals surface area contributed by atoms with Gasteiger partial charge >= 0.3 is 0 Å². The number of halogens is 3. The molecule has 1 aromatic heterocycles. The van der Waals surface area contributed by atoms with E-state index < -0.39 is 23.4 Å². The predicted octanol–water partition coefficient (Wildman–Crippen LogP) is 2.98. The van der Waals surface area contributed by atoms with E-state index in [1.54, 1.807) is 0 Å². The zero-order chi connectivity index (χ0) is 25.5. The quantitative estimate of drug-likeness (QED) is 0.363. The van der Waals surface area contributed by atoms with Crippen molar-refractivity contribution in [2.45, 2.75) is 0 Å². The highest BCUT2D eigenvalue weighted by molar-refractivity contribution is 6.34. The molecule has 0 aliphatic carbocycles. The molecule has 1 heterocycles. The van der Waals surface area contributed by atoms with Gasteiger partial charge in [0.15, 0.2) is 17.4 Å². The second-order valence-electron chi connectivity index (χ2n) is 7.28. The van der Waals surface area contributed by atoms with Crippen LogP contribution < -0.4 is 21.1 Å². The molecule has 0 radical (unpaired) electrons. The summed E-state index contributed by atoms with van der Waals surface area (Å²) in [6.45, 7) is 1.39. The first-order valence-corrected chi connectivity index (χ1v) is 10.9. The van der Waals surface area contributed by atoms with Gasteiger partial charge in [0.05, 0.1) is 42.8 Å². The average molecular weight is 508 g/mol. The number of rotatable bonds is 10. The molecule has 186 valence electrons. The van der Waals surface area contributed by atoms with Crippen molar-refractivity contribution in [1.82, 2.24) is 14.9 Å². The Morgan fingerprint density at radius 1 is 1.14 bits per heavy atom. The maximum atomic E-state index is 14.5. The highest BCUT2D eigenvalue weighted by Gasteiger charge is 2.21. The van der Waals surface area contributed by atoms with Gasteiger partial charge in [0.2, 0.25) is 5.82 Å². The van der Waals surface area contributed by atoms with Crippen molar-refractivity contribution in [3.05, 3.63) is 64.6 Å². The number of hydrogen-bond donors (Lipinski definition) is 3. The Hall–Kier alpha value is -3.54. The van der Waals surface area contributed by atoms with Gasteiger partial charge in [-0.15, -0.1) is 0 Å². The lowest BCUT2D eigenvalue weighted by atomic mass is 10.1. The van der Waals surface area contributed by atoms with Crippen molar-refractivity contribution in [2.24, 2.45) is 12.8 Å². The van der Waals surface area contributed by atoms with Crippen molar-refractivity contribution in [2.75, 3.05) is 38.7 Å². The Kier molecular flexibility index (Phi) is 8.74. The number of methoxy groups -OCH3 is 1. The Bertz CT molecular complexity index is 1230. The van der Waals surface area contributed by atoms with Gasteiger partial charge in [-0.1, -0.05) is 11.6 Å². The Morgan fingerprint density at radius 2 is 1.91 bits per heavy atom. The molecule has 0 atom stereocenters. The molecule has 0 spiro atoms. The van der Waals surface area contributed by atoms with Gasteiger partial charge in [-0.3, -0.25) is 9.59 Å². The molecule has 3 rings (SSSR count). The molecule has 0 bridgehead atoms. The first-order valence-electron chi connectivity index (χ1n) is 10.5. The SMILES string of the molecule is COc1ccc(-c2cnc(C(=O)Nc3ccc(C(=O)NCCOCCN)c(Cl)c3)n2C)c(F)c1F. The number of benzene rings is 2. The van der Waals surface area contributed by atoms with Gasteiger partial charge in [0, 0.05) is 31.4 Å².